The zero-order valence-electron chi connectivity index (χ0n) is 10.7. The number of ether oxygens (including phenoxy) is 1. The van der Waals surface area contributed by atoms with Gasteiger partial charge in [-0.2, -0.15) is 0 Å². The van der Waals surface area contributed by atoms with E-state index in [4.69, 9.17) is 4.74 Å². The average Bonchev–Trinajstić information content (AvgIpc) is 2.72. The van der Waals surface area contributed by atoms with Crippen molar-refractivity contribution in [1.29, 1.82) is 0 Å². The van der Waals surface area contributed by atoms with Crippen molar-refractivity contribution in [1.82, 2.24) is 0 Å². The summed E-state index contributed by atoms with van der Waals surface area (Å²) < 4.78 is 5.67. The minimum Gasteiger partial charge on any atom is -0.459 e. The molecule has 1 heterocycles. The van der Waals surface area contributed by atoms with Crippen molar-refractivity contribution in [2.45, 2.75) is 64.4 Å². The van der Waals surface area contributed by atoms with Crippen molar-refractivity contribution in [3.63, 3.8) is 0 Å². The zero-order valence-corrected chi connectivity index (χ0v) is 10.7. The van der Waals surface area contributed by atoms with Crippen LogP contribution >= 0.6 is 0 Å². The van der Waals surface area contributed by atoms with Crippen LogP contribution in [0, 0.1) is 11.3 Å². The van der Waals surface area contributed by atoms with Crippen LogP contribution in [0.3, 0.4) is 0 Å². The predicted octanol–water partition coefficient (Wildman–Crippen LogP) is 3.61. The predicted molar refractivity (Wildman–Crippen MR) is 66.5 cm³/mol. The molecule has 0 N–H and O–H groups in total. The van der Waals surface area contributed by atoms with E-state index in [1.54, 1.807) is 0 Å². The summed E-state index contributed by atoms with van der Waals surface area (Å²) in [5, 5.41) is 0. The third-order valence-corrected chi connectivity index (χ3v) is 5.09. The standard InChI is InChI=1S/C15H22O2/c1-2-3-6-11-13-8-5-10-15(11)9-4-7-12(15)14(16)17-13/h7,11,13H,2-6,8-10H2,1H3/t11-,13+,15-/m1/s1. The van der Waals surface area contributed by atoms with E-state index >= 15 is 0 Å². The van der Waals surface area contributed by atoms with Crippen LogP contribution < -0.4 is 0 Å². The van der Waals surface area contributed by atoms with Crippen LogP contribution in [0.4, 0.5) is 0 Å². The number of hydrogen-bond donors (Lipinski definition) is 0. The van der Waals surface area contributed by atoms with Gasteiger partial charge in [0, 0.05) is 16.9 Å². The lowest BCUT2D eigenvalue weighted by Crippen LogP contribution is -2.50. The molecule has 0 amide bonds. The lowest BCUT2D eigenvalue weighted by atomic mass is 9.58. The molecule has 2 nitrogen and oxygen atoms in total. The summed E-state index contributed by atoms with van der Waals surface area (Å²) in [7, 11) is 0. The molecule has 0 aromatic carbocycles. The number of fused-ring (bicyclic) bond motifs is 1. The van der Waals surface area contributed by atoms with Crippen molar-refractivity contribution < 1.29 is 9.53 Å². The Morgan fingerprint density at radius 2 is 2.35 bits per heavy atom. The first kappa shape index (κ1) is 11.3. The summed E-state index contributed by atoms with van der Waals surface area (Å²) in [4.78, 5) is 12.0. The summed E-state index contributed by atoms with van der Waals surface area (Å²) >= 11 is 0. The Bertz CT molecular complexity index is 358. The molecule has 0 aromatic heterocycles. The smallest absolute Gasteiger partial charge is 0.334 e. The van der Waals surface area contributed by atoms with Crippen LogP contribution in [-0.2, 0) is 9.53 Å². The minimum atomic E-state index is -0.0000477. The normalized spacial score (nSPS) is 39.6. The summed E-state index contributed by atoms with van der Waals surface area (Å²) in [5.41, 5.74) is 1.25. The van der Waals surface area contributed by atoms with Gasteiger partial charge in [0.05, 0.1) is 0 Å². The molecule has 0 unspecified atom stereocenters. The van der Waals surface area contributed by atoms with E-state index < -0.39 is 0 Å². The highest BCUT2D eigenvalue weighted by molar-refractivity contribution is 5.92. The molecule has 17 heavy (non-hydrogen) atoms. The molecule has 3 atom stereocenters. The summed E-state index contributed by atoms with van der Waals surface area (Å²) in [5.74, 6) is 0.614. The largest absolute Gasteiger partial charge is 0.459 e. The van der Waals surface area contributed by atoms with Crippen LogP contribution in [0.2, 0.25) is 0 Å². The van der Waals surface area contributed by atoms with E-state index in [2.05, 4.69) is 13.0 Å². The second-order valence-electron chi connectivity index (χ2n) is 5.90. The number of carbonyl (C=O) groups is 1. The highest BCUT2D eigenvalue weighted by Crippen LogP contribution is 2.58. The molecule has 3 aliphatic rings. The lowest BCUT2D eigenvalue weighted by Gasteiger charge is -2.50. The fourth-order valence-corrected chi connectivity index (χ4v) is 4.33. The van der Waals surface area contributed by atoms with E-state index in [0.717, 1.165) is 18.4 Å². The van der Waals surface area contributed by atoms with Gasteiger partial charge in [0.15, 0.2) is 0 Å². The first-order chi connectivity index (χ1) is 8.28. The minimum absolute atomic E-state index is 0.0000477. The quantitative estimate of drug-likeness (QED) is 0.697. The fourth-order valence-electron chi connectivity index (χ4n) is 4.33. The van der Waals surface area contributed by atoms with Gasteiger partial charge in [0.1, 0.15) is 6.10 Å². The molecule has 0 aromatic rings. The maximum atomic E-state index is 12.0. The number of allylic oxidation sites excluding steroid dienone is 1. The van der Waals surface area contributed by atoms with Crippen molar-refractivity contribution in [2.24, 2.45) is 11.3 Å². The number of esters is 1. The molecular formula is C15H22O2. The first-order valence-electron chi connectivity index (χ1n) is 7.19. The number of hydrogen-bond acceptors (Lipinski definition) is 2. The van der Waals surface area contributed by atoms with Crippen LogP contribution in [-0.4, -0.2) is 12.1 Å². The number of carbonyl (C=O) groups excluding carboxylic acids is 1. The van der Waals surface area contributed by atoms with E-state index in [-0.39, 0.29) is 17.5 Å². The molecule has 1 aliphatic heterocycles. The third kappa shape index (κ3) is 1.56. The molecule has 94 valence electrons. The van der Waals surface area contributed by atoms with Gasteiger partial charge in [-0.05, 0) is 38.5 Å². The molecule has 2 fully saturated rings. The van der Waals surface area contributed by atoms with Crippen LogP contribution in [0.15, 0.2) is 11.6 Å². The monoisotopic (exact) mass is 234 g/mol. The summed E-state index contributed by atoms with van der Waals surface area (Å²) in [6.07, 6.45) is 12.0. The van der Waals surface area contributed by atoms with Crippen LogP contribution in [0.1, 0.15) is 58.3 Å². The Hall–Kier alpha value is -0.790. The Balaban J connectivity index is 1.92. The van der Waals surface area contributed by atoms with Gasteiger partial charge in [0.25, 0.3) is 0 Å². The first-order valence-corrected chi connectivity index (χ1v) is 7.19. The maximum Gasteiger partial charge on any atom is 0.334 e. The highest BCUT2D eigenvalue weighted by Gasteiger charge is 2.55. The van der Waals surface area contributed by atoms with Gasteiger partial charge in [-0.25, -0.2) is 4.79 Å². The van der Waals surface area contributed by atoms with E-state index in [1.165, 1.54) is 38.5 Å². The van der Waals surface area contributed by atoms with E-state index in [1.807, 2.05) is 0 Å². The van der Waals surface area contributed by atoms with Gasteiger partial charge in [-0.1, -0.05) is 25.8 Å². The van der Waals surface area contributed by atoms with Gasteiger partial charge >= 0.3 is 5.97 Å². The van der Waals surface area contributed by atoms with Gasteiger partial charge in [0.2, 0.25) is 0 Å². The molecule has 0 radical (unpaired) electrons. The summed E-state index contributed by atoms with van der Waals surface area (Å²) in [6.45, 7) is 2.24. The average molecular weight is 234 g/mol. The third-order valence-electron chi connectivity index (χ3n) is 5.09. The van der Waals surface area contributed by atoms with Gasteiger partial charge < -0.3 is 4.74 Å². The Labute approximate surface area is 103 Å². The topological polar surface area (TPSA) is 26.3 Å². The van der Waals surface area contributed by atoms with Crippen LogP contribution in [0.5, 0.6) is 0 Å². The Morgan fingerprint density at radius 1 is 1.47 bits per heavy atom. The molecule has 1 spiro atoms. The van der Waals surface area contributed by atoms with Crippen LogP contribution in [0.25, 0.3) is 0 Å². The van der Waals surface area contributed by atoms with E-state index in [0.29, 0.717) is 5.92 Å². The molecule has 3 rings (SSSR count). The van der Waals surface area contributed by atoms with Crippen molar-refractivity contribution in [3.8, 4) is 0 Å². The number of rotatable bonds is 3. The molecular weight excluding hydrogens is 212 g/mol. The molecule has 2 heteroatoms. The molecule has 2 bridgehead atoms. The van der Waals surface area contributed by atoms with Crippen molar-refractivity contribution in [2.75, 3.05) is 0 Å². The highest BCUT2D eigenvalue weighted by atomic mass is 16.5. The molecule has 2 aliphatic carbocycles. The van der Waals surface area contributed by atoms with Crippen molar-refractivity contribution >= 4 is 5.97 Å². The van der Waals surface area contributed by atoms with Gasteiger partial charge in [-0.15, -0.1) is 0 Å². The molecule has 1 saturated heterocycles. The maximum absolute atomic E-state index is 12.0. The lowest BCUT2D eigenvalue weighted by molar-refractivity contribution is -0.166. The number of unbranched alkanes of at least 4 members (excludes halogenated alkanes) is 1. The molecule has 1 saturated carbocycles. The second kappa shape index (κ2) is 4.15. The summed E-state index contributed by atoms with van der Waals surface area (Å²) in [6, 6.07) is 0. The Kier molecular flexibility index (Phi) is 2.76. The van der Waals surface area contributed by atoms with E-state index in [9.17, 15) is 4.79 Å². The van der Waals surface area contributed by atoms with Gasteiger partial charge in [-0.3, -0.25) is 0 Å². The second-order valence-corrected chi connectivity index (χ2v) is 5.90. The SMILES string of the molecule is CCCC[C@@H]1[C@@H]2CCC[C@]13CCC=C3C(=O)O2. The van der Waals surface area contributed by atoms with Crippen molar-refractivity contribution in [3.05, 3.63) is 11.6 Å². The fraction of sp³-hybridized carbons (Fsp3) is 0.800. The zero-order chi connectivity index (χ0) is 11.9. The Morgan fingerprint density at radius 3 is 3.18 bits per heavy atom.